The molecular formula is C14H17Br2N3O. The number of benzene rings is 1. The molecule has 1 atom stereocenters. The van der Waals surface area contributed by atoms with Gasteiger partial charge in [-0.1, -0.05) is 22.9 Å². The van der Waals surface area contributed by atoms with Crippen LogP contribution in [-0.4, -0.2) is 23.4 Å². The van der Waals surface area contributed by atoms with Crippen molar-refractivity contribution in [1.29, 1.82) is 0 Å². The highest BCUT2D eigenvalue weighted by Crippen LogP contribution is 2.34. The molecule has 0 radical (unpaired) electrons. The van der Waals surface area contributed by atoms with E-state index in [9.17, 15) is 0 Å². The predicted octanol–water partition coefficient (Wildman–Crippen LogP) is 3.65. The summed E-state index contributed by atoms with van der Waals surface area (Å²) in [6, 6.07) is 6.01. The molecule has 0 saturated heterocycles. The first-order valence-electron chi connectivity index (χ1n) is 6.32. The van der Waals surface area contributed by atoms with Gasteiger partial charge in [-0.05, 0) is 46.2 Å². The Hall–Kier alpha value is -0.850. The molecule has 1 N–H and O–H groups in total. The van der Waals surface area contributed by atoms with Gasteiger partial charge in [-0.2, -0.15) is 5.10 Å². The highest BCUT2D eigenvalue weighted by atomic mass is 79.9. The highest BCUT2D eigenvalue weighted by molar-refractivity contribution is 9.10. The Labute approximate surface area is 135 Å². The molecule has 2 aromatic rings. The summed E-state index contributed by atoms with van der Waals surface area (Å²) >= 11 is 7.20. The number of hydrogen-bond donors (Lipinski definition) is 1. The Morgan fingerprint density at radius 1 is 1.35 bits per heavy atom. The molecule has 0 saturated carbocycles. The van der Waals surface area contributed by atoms with Crippen LogP contribution in [0.3, 0.4) is 0 Å². The number of methoxy groups -OCH3 is 1. The fourth-order valence-electron chi connectivity index (χ4n) is 2.17. The van der Waals surface area contributed by atoms with E-state index in [0.717, 1.165) is 32.5 Å². The monoisotopic (exact) mass is 401 g/mol. The lowest BCUT2D eigenvalue weighted by atomic mass is 10.0. The first kappa shape index (κ1) is 15.5. The Bertz CT molecular complexity index is 579. The summed E-state index contributed by atoms with van der Waals surface area (Å²) in [4.78, 5) is 0. The third-order valence-electron chi connectivity index (χ3n) is 3.13. The van der Waals surface area contributed by atoms with Crippen LogP contribution in [0.4, 0.5) is 0 Å². The first-order valence-corrected chi connectivity index (χ1v) is 7.91. The molecule has 0 aliphatic heterocycles. The minimum Gasteiger partial charge on any atom is -0.497 e. The van der Waals surface area contributed by atoms with Gasteiger partial charge in [0, 0.05) is 11.5 Å². The lowest BCUT2D eigenvalue weighted by Crippen LogP contribution is -2.25. The number of aromatic nitrogens is 2. The van der Waals surface area contributed by atoms with E-state index in [1.54, 1.807) is 7.11 Å². The van der Waals surface area contributed by atoms with E-state index in [4.69, 9.17) is 4.74 Å². The van der Waals surface area contributed by atoms with Crippen molar-refractivity contribution < 1.29 is 4.74 Å². The second-order valence-corrected chi connectivity index (χ2v) is 6.09. The van der Waals surface area contributed by atoms with Crippen molar-refractivity contribution in [2.75, 3.05) is 13.7 Å². The SMILES string of the molecule is CCNC(c1cc(OC)ccc1Br)c1c(Br)cnn1C. The van der Waals surface area contributed by atoms with Crippen molar-refractivity contribution in [3.05, 3.63) is 44.6 Å². The summed E-state index contributed by atoms with van der Waals surface area (Å²) in [5.74, 6) is 0.837. The first-order chi connectivity index (χ1) is 9.58. The van der Waals surface area contributed by atoms with Gasteiger partial charge in [0.1, 0.15) is 5.75 Å². The standard InChI is InChI=1S/C14H17Br2N3O/c1-4-17-13(14-12(16)8-18-19(14)2)10-7-9(20-3)5-6-11(10)15/h5-8,13,17H,4H2,1-3H3. The average Bonchev–Trinajstić information content (AvgIpc) is 2.77. The lowest BCUT2D eigenvalue weighted by Gasteiger charge is -2.21. The normalized spacial score (nSPS) is 12.4. The van der Waals surface area contributed by atoms with Gasteiger partial charge in [-0.3, -0.25) is 4.68 Å². The van der Waals surface area contributed by atoms with E-state index in [1.165, 1.54) is 0 Å². The number of halogens is 2. The molecular weight excluding hydrogens is 386 g/mol. The molecule has 4 nitrogen and oxygen atoms in total. The number of hydrogen-bond acceptors (Lipinski definition) is 3. The van der Waals surface area contributed by atoms with Gasteiger partial charge in [0.15, 0.2) is 0 Å². The summed E-state index contributed by atoms with van der Waals surface area (Å²) in [6.45, 7) is 2.94. The molecule has 0 bridgehead atoms. The summed E-state index contributed by atoms with van der Waals surface area (Å²) in [6.07, 6.45) is 1.81. The minimum absolute atomic E-state index is 0.0337. The molecule has 108 valence electrons. The van der Waals surface area contributed by atoms with Gasteiger partial charge in [-0.25, -0.2) is 0 Å². The van der Waals surface area contributed by atoms with Crippen LogP contribution in [0.5, 0.6) is 5.75 Å². The van der Waals surface area contributed by atoms with Crippen LogP contribution in [0.25, 0.3) is 0 Å². The van der Waals surface area contributed by atoms with Crippen LogP contribution in [-0.2, 0) is 7.05 Å². The van der Waals surface area contributed by atoms with Crippen molar-refractivity contribution in [1.82, 2.24) is 15.1 Å². The van der Waals surface area contributed by atoms with Crippen LogP contribution in [0.1, 0.15) is 24.2 Å². The van der Waals surface area contributed by atoms with Crippen LogP contribution in [0, 0.1) is 0 Å². The number of nitrogens with zero attached hydrogens (tertiary/aromatic N) is 2. The maximum atomic E-state index is 5.33. The smallest absolute Gasteiger partial charge is 0.119 e. The highest BCUT2D eigenvalue weighted by Gasteiger charge is 2.22. The number of nitrogens with one attached hydrogen (secondary N) is 1. The van der Waals surface area contributed by atoms with Crippen molar-refractivity contribution in [3.8, 4) is 5.75 Å². The molecule has 0 fully saturated rings. The minimum atomic E-state index is 0.0337. The fraction of sp³-hybridized carbons (Fsp3) is 0.357. The number of ether oxygens (including phenoxy) is 1. The van der Waals surface area contributed by atoms with Gasteiger partial charge in [-0.15, -0.1) is 0 Å². The van der Waals surface area contributed by atoms with Gasteiger partial charge >= 0.3 is 0 Å². The van der Waals surface area contributed by atoms with Crippen LogP contribution < -0.4 is 10.1 Å². The zero-order chi connectivity index (χ0) is 14.7. The van der Waals surface area contributed by atoms with Crippen LogP contribution >= 0.6 is 31.9 Å². The van der Waals surface area contributed by atoms with E-state index in [2.05, 4.69) is 49.2 Å². The molecule has 0 aliphatic carbocycles. The molecule has 1 aromatic heterocycles. The number of aryl methyl sites for hydroxylation is 1. The molecule has 1 heterocycles. The maximum absolute atomic E-state index is 5.33. The Morgan fingerprint density at radius 2 is 2.10 bits per heavy atom. The molecule has 1 aromatic carbocycles. The van der Waals surface area contributed by atoms with Crippen molar-refractivity contribution >= 4 is 31.9 Å². The molecule has 6 heteroatoms. The van der Waals surface area contributed by atoms with Crippen LogP contribution in [0.2, 0.25) is 0 Å². The van der Waals surface area contributed by atoms with Gasteiger partial charge < -0.3 is 10.1 Å². The zero-order valence-electron chi connectivity index (χ0n) is 11.7. The third kappa shape index (κ3) is 3.07. The van der Waals surface area contributed by atoms with Crippen molar-refractivity contribution in [3.63, 3.8) is 0 Å². The zero-order valence-corrected chi connectivity index (χ0v) is 14.8. The maximum Gasteiger partial charge on any atom is 0.119 e. The topological polar surface area (TPSA) is 39.1 Å². The molecule has 0 aliphatic rings. The van der Waals surface area contributed by atoms with E-state index >= 15 is 0 Å². The van der Waals surface area contributed by atoms with Gasteiger partial charge in [0.05, 0.1) is 29.5 Å². The third-order valence-corrected chi connectivity index (χ3v) is 4.47. The van der Waals surface area contributed by atoms with Crippen LogP contribution in [0.15, 0.2) is 33.3 Å². The Morgan fingerprint density at radius 3 is 2.65 bits per heavy atom. The quantitative estimate of drug-likeness (QED) is 0.829. The van der Waals surface area contributed by atoms with Crippen molar-refractivity contribution in [2.45, 2.75) is 13.0 Å². The van der Waals surface area contributed by atoms with E-state index in [-0.39, 0.29) is 6.04 Å². The van der Waals surface area contributed by atoms with Gasteiger partial charge in [0.2, 0.25) is 0 Å². The molecule has 20 heavy (non-hydrogen) atoms. The lowest BCUT2D eigenvalue weighted by molar-refractivity contribution is 0.413. The Kier molecular flexibility index (Phi) is 5.23. The Balaban J connectivity index is 2.54. The molecule has 1 unspecified atom stereocenters. The number of rotatable bonds is 5. The van der Waals surface area contributed by atoms with E-state index in [0.29, 0.717) is 0 Å². The fourth-order valence-corrected chi connectivity index (χ4v) is 3.23. The summed E-state index contributed by atoms with van der Waals surface area (Å²) < 4.78 is 9.24. The summed E-state index contributed by atoms with van der Waals surface area (Å²) in [7, 11) is 3.62. The van der Waals surface area contributed by atoms with E-state index < -0.39 is 0 Å². The molecule has 2 rings (SSSR count). The second kappa shape index (κ2) is 6.74. The van der Waals surface area contributed by atoms with E-state index in [1.807, 2.05) is 36.1 Å². The summed E-state index contributed by atoms with van der Waals surface area (Å²) in [5, 5.41) is 7.80. The molecule has 0 amide bonds. The average molecular weight is 403 g/mol. The second-order valence-electron chi connectivity index (χ2n) is 4.38. The summed E-state index contributed by atoms with van der Waals surface area (Å²) in [5.41, 5.74) is 2.20. The van der Waals surface area contributed by atoms with Gasteiger partial charge in [0.25, 0.3) is 0 Å². The predicted molar refractivity (Wildman–Crippen MR) is 87.1 cm³/mol. The largest absolute Gasteiger partial charge is 0.497 e. The van der Waals surface area contributed by atoms with Crippen molar-refractivity contribution in [2.24, 2.45) is 7.05 Å². The molecule has 0 spiro atoms.